The van der Waals surface area contributed by atoms with Crippen molar-refractivity contribution < 1.29 is 0 Å². The van der Waals surface area contributed by atoms with Crippen LogP contribution in [0.3, 0.4) is 0 Å². The smallest absolute Gasteiger partial charge is 0.0238 e. The molecule has 62 valence electrons. The maximum atomic E-state index is 3.79. The van der Waals surface area contributed by atoms with Gasteiger partial charge in [-0.1, -0.05) is 0 Å². The summed E-state index contributed by atoms with van der Waals surface area (Å²) in [5.41, 5.74) is 0.667. The Morgan fingerprint density at radius 3 is 2.00 bits per heavy atom. The second-order valence-electron chi connectivity index (χ2n) is 4.62. The Kier molecular flexibility index (Phi) is 1.18. The molecule has 3 rings (SSSR count). The molecule has 2 aliphatic carbocycles. The van der Waals surface area contributed by atoms with Gasteiger partial charge in [0, 0.05) is 5.54 Å². The second-order valence-corrected chi connectivity index (χ2v) is 4.62. The highest BCUT2D eigenvalue weighted by atomic mass is 15.0. The first-order valence-corrected chi connectivity index (χ1v) is 5.17. The van der Waals surface area contributed by atoms with Gasteiger partial charge in [0.15, 0.2) is 0 Å². The minimum Gasteiger partial charge on any atom is -0.311 e. The zero-order valence-electron chi connectivity index (χ0n) is 7.10. The first-order valence-electron chi connectivity index (χ1n) is 5.17. The van der Waals surface area contributed by atoms with Crippen LogP contribution in [-0.2, 0) is 0 Å². The maximum absolute atomic E-state index is 3.79. The van der Waals surface area contributed by atoms with E-state index in [1.807, 2.05) is 0 Å². The molecule has 0 bridgehead atoms. The van der Waals surface area contributed by atoms with E-state index in [1.54, 1.807) is 0 Å². The number of nitrogens with one attached hydrogen (secondary N) is 1. The summed E-state index contributed by atoms with van der Waals surface area (Å²) in [6.07, 6.45) is 9.00. The van der Waals surface area contributed by atoms with E-state index in [1.165, 1.54) is 45.1 Å². The van der Waals surface area contributed by atoms with Crippen LogP contribution in [0.1, 0.15) is 38.5 Å². The van der Waals surface area contributed by atoms with Gasteiger partial charge in [-0.05, 0) is 56.9 Å². The van der Waals surface area contributed by atoms with Crippen LogP contribution < -0.4 is 5.32 Å². The average Bonchev–Trinajstić information content (AvgIpc) is 2.90. The van der Waals surface area contributed by atoms with Gasteiger partial charge in [-0.3, -0.25) is 0 Å². The fourth-order valence-electron chi connectivity index (χ4n) is 3.02. The highest BCUT2D eigenvalue weighted by Crippen LogP contribution is 2.55. The molecule has 3 aliphatic rings. The largest absolute Gasteiger partial charge is 0.311 e. The van der Waals surface area contributed by atoms with Crippen LogP contribution in [0.15, 0.2) is 0 Å². The van der Waals surface area contributed by atoms with Crippen LogP contribution in [-0.4, -0.2) is 12.1 Å². The van der Waals surface area contributed by atoms with E-state index in [2.05, 4.69) is 5.32 Å². The van der Waals surface area contributed by atoms with Crippen LogP contribution in [0, 0.1) is 11.8 Å². The molecule has 0 aromatic heterocycles. The van der Waals surface area contributed by atoms with Gasteiger partial charge in [0.1, 0.15) is 0 Å². The summed E-state index contributed by atoms with van der Waals surface area (Å²) >= 11 is 0. The number of hydrogen-bond donors (Lipinski definition) is 1. The molecular weight excluding hydrogens is 134 g/mol. The molecule has 1 heterocycles. The van der Waals surface area contributed by atoms with Crippen molar-refractivity contribution in [3.8, 4) is 0 Å². The number of hydrogen-bond acceptors (Lipinski definition) is 1. The predicted octanol–water partition coefficient (Wildman–Crippen LogP) is 1.93. The summed E-state index contributed by atoms with van der Waals surface area (Å²) in [7, 11) is 0. The molecule has 0 aromatic rings. The molecule has 1 N–H and O–H groups in total. The van der Waals surface area contributed by atoms with Crippen LogP contribution in [0.5, 0.6) is 0 Å². The summed E-state index contributed by atoms with van der Waals surface area (Å²) in [4.78, 5) is 0. The third kappa shape index (κ3) is 0.868. The lowest BCUT2D eigenvalue weighted by Crippen LogP contribution is -2.44. The zero-order valence-corrected chi connectivity index (χ0v) is 7.10. The molecule has 0 unspecified atom stereocenters. The minimum absolute atomic E-state index is 0.667. The molecular formula is C10H17N. The SMILES string of the molecule is C1CNC(C2CC2)(C2CC2)C1. The number of rotatable bonds is 2. The summed E-state index contributed by atoms with van der Waals surface area (Å²) in [5.74, 6) is 2.16. The molecule has 2 saturated carbocycles. The van der Waals surface area contributed by atoms with E-state index in [0.717, 1.165) is 11.8 Å². The lowest BCUT2D eigenvalue weighted by molar-refractivity contribution is 0.281. The van der Waals surface area contributed by atoms with Gasteiger partial charge in [-0.25, -0.2) is 0 Å². The van der Waals surface area contributed by atoms with Gasteiger partial charge in [-0.2, -0.15) is 0 Å². The maximum Gasteiger partial charge on any atom is 0.0238 e. The van der Waals surface area contributed by atoms with Crippen LogP contribution >= 0.6 is 0 Å². The monoisotopic (exact) mass is 151 g/mol. The van der Waals surface area contributed by atoms with Crippen molar-refractivity contribution >= 4 is 0 Å². The van der Waals surface area contributed by atoms with Crippen molar-refractivity contribution in [2.75, 3.05) is 6.54 Å². The standard InChI is InChI=1S/C10H17N/c1-6-10(11-7-1,8-2-3-8)9-4-5-9/h8-9,11H,1-7H2. The normalized spacial score (nSPS) is 36.0. The highest BCUT2D eigenvalue weighted by molar-refractivity contribution is 5.11. The Labute approximate surface area is 68.6 Å². The van der Waals surface area contributed by atoms with Crippen molar-refractivity contribution in [3.63, 3.8) is 0 Å². The summed E-state index contributed by atoms with van der Waals surface area (Å²) in [6.45, 7) is 1.30. The Bertz CT molecular complexity index is 148. The molecule has 11 heavy (non-hydrogen) atoms. The minimum atomic E-state index is 0.667. The van der Waals surface area contributed by atoms with Crippen LogP contribution in [0.4, 0.5) is 0 Å². The molecule has 0 spiro atoms. The molecule has 0 atom stereocenters. The average molecular weight is 151 g/mol. The van der Waals surface area contributed by atoms with Crippen LogP contribution in [0.2, 0.25) is 0 Å². The molecule has 0 amide bonds. The molecule has 1 aliphatic heterocycles. The molecule has 1 nitrogen and oxygen atoms in total. The van der Waals surface area contributed by atoms with E-state index in [-0.39, 0.29) is 0 Å². The van der Waals surface area contributed by atoms with Crippen molar-refractivity contribution in [2.45, 2.75) is 44.1 Å². The first-order chi connectivity index (χ1) is 5.42. The third-order valence-electron chi connectivity index (χ3n) is 3.83. The van der Waals surface area contributed by atoms with Gasteiger partial charge in [0.2, 0.25) is 0 Å². The van der Waals surface area contributed by atoms with Gasteiger partial charge in [0.25, 0.3) is 0 Å². The van der Waals surface area contributed by atoms with E-state index in [9.17, 15) is 0 Å². The van der Waals surface area contributed by atoms with Gasteiger partial charge < -0.3 is 5.32 Å². The Balaban J connectivity index is 1.83. The summed E-state index contributed by atoms with van der Waals surface area (Å²) < 4.78 is 0. The van der Waals surface area contributed by atoms with E-state index in [4.69, 9.17) is 0 Å². The van der Waals surface area contributed by atoms with Crippen LogP contribution in [0.25, 0.3) is 0 Å². The summed E-state index contributed by atoms with van der Waals surface area (Å²) in [6, 6.07) is 0. The molecule has 1 saturated heterocycles. The van der Waals surface area contributed by atoms with E-state index in [0.29, 0.717) is 5.54 Å². The van der Waals surface area contributed by atoms with Crippen molar-refractivity contribution in [2.24, 2.45) is 11.8 Å². The third-order valence-corrected chi connectivity index (χ3v) is 3.83. The molecule has 0 aromatic carbocycles. The van der Waals surface area contributed by atoms with Gasteiger partial charge in [-0.15, -0.1) is 0 Å². The Hall–Kier alpha value is -0.0400. The van der Waals surface area contributed by atoms with Crippen molar-refractivity contribution in [1.29, 1.82) is 0 Å². The van der Waals surface area contributed by atoms with Crippen molar-refractivity contribution in [3.05, 3.63) is 0 Å². The van der Waals surface area contributed by atoms with Gasteiger partial charge in [0.05, 0.1) is 0 Å². The molecule has 3 fully saturated rings. The summed E-state index contributed by atoms with van der Waals surface area (Å²) in [5, 5.41) is 3.79. The Morgan fingerprint density at radius 1 is 1.00 bits per heavy atom. The fourth-order valence-corrected chi connectivity index (χ4v) is 3.02. The second kappa shape index (κ2) is 2.01. The van der Waals surface area contributed by atoms with Gasteiger partial charge >= 0.3 is 0 Å². The zero-order chi connectivity index (χ0) is 7.31. The Morgan fingerprint density at radius 2 is 1.64 bits per heavy atom. The topological polar surface area (TPSA) is 12.0 Å². The fraction of sp³-hybridized carbons (Fsp3) is 1.00. The van der Waals surface area contributed by atoms with E-state index >= 15 is 0 Å². The molecule has 1 heteroatoms. The lowest BCUT2D eigenvalue weighted by atomic mass is 9.86. The van der Waals surface area contributed by atoms with E-state index < -0.39 is 0 Å². The quantitative estimate of drug-likeness (QED) is 0.636. The first kappa shape index (κ1) is 6.47. The lowest BCUT2D eigenvalue weighted by Gasteiger charge is -2.29. The predicted molar refractivity (Wildman–Crippen MR) is 45.4 cm³/mol. The highest BCUT2D eigenvalue weighted by Gasteiger charge is 2.54. The van der Waals surface area contributed by atoms with Crippen molar-refractivity contribution in [1.82, 2.24) is 5.32 Å². The molecule has 0 radical (unpaired) electrons.